The summed E-state index contributed by atoms with van der Waals surface area (Å²) in [6, 6.07) is 5.09. The van der Waals surface area contributed by atoms with Crippen LogP contribution in [0.1, 0.15) is 23.2 Å². The molecule has 0 spiro atoms. The molecule has 1 aliphatic heterocycles. The SMILES string of the molecule is O=C(CN1C(=O)[C@H]2CC=CC[C@H]2C1=O)c1ccc(F)cc1. The molecule has 1 aromatic rings. The molecule has 1 aliphatic carbocycles. The van der Waals surface area contributed by atoms with Crippen molar-refractivity contribution in [2.24, 2.45) is 11.8 Å². The van der Waals surface area contributed by atoms with Gasteiger partial charge < -0.3 is 0 Å². The maximum atomic E-state index is 12.8. The Morgan fingerprint density at radius 2 is 1.57 bits per heavy atom. The van der Waals surface area contributed by atoms with Crippen LogP contribution in [0.5, 0.6) is 0 Å². The van der Waals surface area contributed by atoms with E-state index in [2.05, 4.69) is 0 Å². The van der Waals surface area contributed by atoms with Crippen LogP contribution >= 0.6 is 0 Å². The van der Waals surface area contributed by atoms with Crippen LogP contribution < -0.4 is 0 Å². The summed E-state index contributed by atoms with van der Waals surface area (Å²) in [4.78, 5) is 37.6. The molecular formula is C16H14FNO3. The van der Waals surface area contributed by atoms with Gasteiger partial charge in [0, 0.05) is 5.56 Å². The number of hydrogen-bond donors (Lipinski definition) is 0. The molecule has 0 unspecified atom stereocenters. The second kappa shape index (κ2) is 5.24. The monoisotopic (exact) mass is 287 g/mol. The van der Waals surface area contributed by atoms with E-state index in [-0.39, 0.29) is 36.0 Å². The highest BCUT2D eigenvalue weighted by atomic mass is 19.1. The fourth-order valence-corrected chi connectivity index (χ4v) is 2.90. The number of benzene rings is 1. The number of imide groups is 1. The van der Waals surface area contributed by atoms with Crippen LogP contribution in [0.2, 0.25) is 0 Å². The van der Waals surface area contributed by atoms with Gasteiger partial charge in [-0.25, -0.2) is 4.39 Å². The molecule has 108 valence electrons. The van der Waals surface area contributed by atoms with E-state index in [9.17, 15) is 18.8 Å². The van der Waals surface area contributed by atoms with Crippen LogP contribution in [0.3, 0.4) is 0 Å². The largest absolute Gasteiger partial charge is 0.292 e. The summed E-state index contributed by atoms with van der Waals surface area (Å²) in [5.41, 5.74) is 0.296. The Balaban J connectivity index is 1.76. The van der Waals surface area contributed by atoms with Crippen LogP contribution in [0.15, 0.2) is 36.4 Å². The Labute approximate surface area is 121 Å². The van der Waals surface area contributed by atoms with Crippen molar-refractivity contribution in [1.29, 1.82) is 0 Å². The Morgan fingerprint density at radius 3 is 2.10 bits per heavy atom. The van der Waals surface area contributed by atoms with Gasteiger partial charge >= 0.3 is 0 Å². The first-order chi connectivity index (χ1) is 10.1. The Kier molecular flexibility index (Phi) is 3.41. The van der Waals surface area contributed by atoms with E-state index in [1.165, 1.54) is 24.3 Å². The van der Waals surface area contributed by atoms with E-state index in [1.807, 2.05) is 12.2 Å². The van der Waals surface area contributed by atoms with Gasteiger partial charge in [0.15, 0.2) is 5.78 Å². The predicted octanol–water partition coefficient (Wildman–Crippen LogP) is 1.96. The molecule has 0 saturated carbocycles. The molecule has 1 aromatic carbocycles. The van der Waals surface area contributed by atoms with Crippen molar-refractivity contribution in [2.75, 3.05) is 6.54 Å². The minimum Gasteiger partial charge on any atom is -0.292 e. The number of hydrogen-bond acceptors (Lipinski definition) is 3. The number of likely N-dealkylation sites (tertiary alicyclic amines) is 1. The highest BCUT2D eigenvalue weighted by molar-refractivity contribution is 6.10. The zero-order valence-corrected chi connectivity index (χ0v) is 11.3. The molecule has 0 radical (unpaired) electrons. The van der Waals surface area contributed by atoms with Crippen molar-refractivity contribution in [3.05, 3.63) is 47.8 Å². The van der Waals surface area contributed by atoms with E-state index in [0.717, 1.165) is 4.90 Å². The van der Waals surface area contributed by atoms with Gasteiger partial charge in [0.1, 0.15) is 5.82 Å². The Hall–Kier alpha value is -2.30. The Bertz CT molecular complexity index is 609. The van der Waals surface area contributed by atoms with Crippen molar-refractivity contribution in [1.82, 2.24) is 4.90 Å². The summed E-state index contributed by atoms with van der Waals surface area (Å²) < 4.78 is 12.8. The zero-order chi connectivity index (χ0) is 15.0. The molecule has 5 heteroatoms. The van der Waals surface area contributed by atoms with E-state index in [4.69, 9.17) is 0 Å². The number of fused-ring (bicyclic) bond motifs is 1. The number of ketones is 1. The molecule has 4 nitrogen and oxygen atoms in total. The first kappa shape index (κ1) is 13.7. The quantitative estimate of drug-likeness (QED) is 0.485. The van der Waals surface area contributed by atoms with Crippen LogP contribution in [0.4, 0.5) is 4.39 Å². The van der Waals surface area contributed by atoms with Crippen molar-refractivity contribution < 1.29 is 18.8 Å². The predicted molar refractivity (Wildman–Crippen MR) is 72.8 cm³/mol. The lowest BCUT2D eigenvalue weighted by atomic mass is 9.85. The third-order valence-corrected chi connectivity index (χ3v) is 4.07. The van der Waals surface area contributed by atoms with Crippen molar-refractivity contribution in [2.45, 2.75) is 12.8 Å². The first-order valence-corrected chi connectivity index (χ1v) is 6.87. The van der Waals surface area contributed by atoms with Gasteiger partial charge in [0.2, 0.25) is 11.8 Å². The maximum absolute atomic E-state index is 12.8. The average Bonchev–Trinajstić information content (AvgIpc) is 2.73. The number of amides is 2. The highest BCUT2D eigenvalue weighted by Crippen LogP contribution is 2.34. The maximum Gasteiger partial charge on any atom is 0.233 e. The second-order valence-corrected chi connectivity index (χ2v) is 5.35. The third-order valence-electron chi connectivity index (χ3n) is 4.07. The molecule has 2 aliphatic rings. The zero-order valence-electron chi connectivity index (χ0n) is 11.3. The molecule has 1 fully saturated rings. The molecule has 1 saturated heterocycles. The van der Waals surface area contributed by atoms with E-state index < -0.39 is 5.82 Å². The van der Waals surface area contributed by atoms with Crippen molar-refractivity contribution in [3.63, 3.8) is 0 Å². The fourth-order valence-electron chi connectivity index (χ4n) is 2.90. The molecule has 0 aromatic heterocycles. The summed E-state index contributed by atoms with van der Waals surface area (Å²) in [6.45, 7) is -0.268. The smallest absolute Gasteiger partial charge is 0.233 e. The highest BCUT2D eigenvalue weighted by Gasteiger charge is 2.47. The lowest BCUT2D eigenvalue weighted by Crippen LogP contribution is -2.36. The minimum absolute atomic E-state index is 0.268. The van der Waals surface area contributed by atoms with E-state index >= 15 is 0 Å². The lowest BCUT2D eigenvalue weighted by Gasteiger charge is -2.14. The van der Waals surface area contributed by atoms with Crippen molar-refractivity contribution >= 4 is 17.6 Å². The lowest BCUT2D eigenvalue weighted by molar-refractivity contribution is -0.139. The molecule has 1 heterocycles. The number of carbonyl (C=O) groups is 3. The van der Waals surface area contributed by atoms with Gasteiger partial charge in [0.05, 0.1) is 18.4 Å². The van der Waals surface area contributed by atoms with Crippen LogP contribution in [-0.4, -0.2) is 29.0 Å². The van der Waals surface area contributed by atoms with Gasteiger partial charge in [-0.15, -0.1) is 0 Å². The van der Waals surface area contributed by atoms with E-state index in [1.54, 1.807) is 0 Å². The average molecular weight is 287 g/mol. The molecule has 2 atom stereocenters. The molecule has 3 rings (SSSR count). The number of carbonyl (C=O) groups excluding carboxylic acids is 3. The number of halogens is 1. The molecule has 2 amide bonds. The van der Waals surface area contributed by atoms with Gasteiger partial charge in [-0.1, -0.05) is 12.2 Å². The van der Waals surface area contributed by atoms with Crippen LogP contribution in [0, 0.1) is 17.7 Å². The Morgan fingerprint density at radius 1 is 1.05 bits per heavy atom. The third kappa shape index (κ3) is 2.39. The fraction of sp³-hybridized carbons (Fsp3) is 0.312. The number of nitrogens with zero attached hydrogens (tertiary/aromatic N) is 1. The van der Waals surface area contributed by atoms with Gasteiger partial charge in [0.25, 0.3) is 0 Å². The molecule has 0 bridgehead atoms. The number of Topliss-reactive ketones (excluding diaryl/α,β-unsaturated/α-hetero) is 1. The van der Waals surface area contributed by atoms with Crippen LogP contribution in [-0.2, 0) is 9.59 Å². The number of allylic oxidation sites excluding steroid dienone is 2. The van der Waals surface area contributed by atoms with E-state index in [0.29, 0.717) is 18.4 Å². The first-order valence-electron chi connectivity index (χ1n) is 6.87. The standard InChI is InChI=1S/C16H14FNO3/c17-11-7-5-10(6-8-11)14(19)9-18-15(20)12-3-1-2-4-13(12)16(18)21/h1-2,5-8,12-13H,3-4,9H2/t12-,13+. The minimum atomic E-state index is -0.433. The molecular weight excluding hydrogens is 273 g/mol. The van der Waals surface area contributed by atoms with Crippen LogP contribution in [0.25, 0.3) is 0 Å². The van der Waals surface area contributed by atoms with Gasteiger partial charge in [-0.2, -0.15) is 0 Å². The summed E-state index contributed by atoms with van der Waals surface area (Å²) in [7, 11) is 0. The summed E-state index contributed by atoms with van der Waals surface area (Å²) in [5, 5.41) is 0. The summed E-state index contributed by atoms with van der Waals surface area (Å²) >= 11 is 0. The number of rotatable bonds is 3. The summed E-state index contributed by atoms with van der Waals surface area (Å²) in [6.07, 6.45) is 4.90. The molecule has 0 N–H and O–H groups in total. The van der Waals surface area contributed by atoms with Gasteiger partial charge in [-0.05, 0) is 37.1 Å². The van der Waals surface area contributed by atoms with Gasteiger partial charge in [-0.3, -0.25) is 19.3 Å². The second-order valence-electron chi connectivity index (χ2n) is 5.35. The molecule has 21 heavy (non-hydrogen) atoms. The summed E-state index contributed by atoms with van der Waals surface area (Å²) in [5.74, 6) is -2.00. The topological polar surface area (TPSA) is 54.5 Å². The normalized spacial score (nSPS) is 24.3. The van der Waals surface area contributed by atoms with Crippen molar-refractivity contribution in [3.8, 4) is 0 Å².